The zero-order valence-corrected chi connectivity index (χ0v) is 49.2. The van der Waals surface area contributed by atoms with Crippen molar-refractivity contribution < 1.29 is 123 Å². The van der Waals surface area contributed by atoms with Crippen LogP contribution in [0.2, 0.25) is 0 Å². The zero-order valence-electron chi connectivity index (χ0n) is 43.4. The lowest BCUT2D eigenvalue weighted by Gasteiger charge is -2.15. The molecule has 1 unspecified atom stereocenters. The number of aromatic hydroxyl groups is 3. The summed E-state index contributed by atoms with van der Waals surface area (Å²) in [5.74, 6) is -3.92. The Balaban J connectivity index is 1.25. The first kappa shape index (κ1) is 66.2. The number of methoxy groups -OCH3 is 1. The van der Waals surface area contributed by atoms with E-state index in [2.05, 4.69) is 55.4 Å². The van der Waals surface area contributed by atoms with Crippen molar-refractivity contribution in [1.82, 2.24) is 9.78 Å². The topological polar surface area (TPSA) is 625 Å². The maximum atomic E-state index is 13.2. The van der Waals surface area contributed by atoms with Gasteiger partial charge in [-0.1, -0.05) is 5.04 Å². The van der Waals surface area contributed by atoms with E-state index in [1.165, 1.54) is 6.92 Å². The standard InChI is InChI=1S/C43H34N12O27S7/c1-17-37(43(58)54(53-17)18-3-6-20(7-4-18)84(62,63)64)50-48-27-14-26(29(80-2)16-33(27)87(71,72)73)47-52-39-34(88(74,75)76)13-22-21(40(39)56)8-10-25(42(22)89(77,78)79)46-49-28-15-31(85(65,66)67)23-12-30(83-82-81-61)38(41(57)35(23)36(28)44)51-45-24-9-5-19(55(59)60)11-32(24)86(68,69)70/h3-16,55-59,61H,44H2,1-2H3,(H,62,63,64)(H,65,66,67)(H,68,69,70)(H,71,72,73)(H,74,75,76)(H,77,78,79). The predicted molar refractivity (Wildman–Crippen MR) is 297 cm³/mol. The van der Waals surface area contributed by atoms with Crippen LogP contribution >= 0.6 is 12.0 Å². The van der Waals surface area contributed by atoms with Gasteiger partial charge in [-0.3, -0.25) is 27.3 Å². The first-order valence-corrected chi connectivity index (χ1v) is 32.2. The van der Waals surface area contributed by atoms with Crippen molar-refractivity contribution >= 4 is 151 Å². The van der Waals surface area contributed by atoms with Gasteiger partial charge >= 0.3 is 0 Å². The van der Waals surface area contributed by atoms with Crippen LogP contribution in [0.25, 0.3) is 27.2 Å². The molecular formula is C43H34N12O27S7. The Morgan fingerprint density at radius 2 is 1.10 bits per heavy atom. The maximum absolute atomic E-state index is 13.2. The molecule has 0 fully saturated rings. The molecule has 0 saturated carbocycles. The van der Waals surface area contributed by atoms with Crippen molar-refractivity contribution in [1.29, 1.82) is 0 Å². The first-order chi connectivity index (χ1) is 41.3. The number of azo groups is 4. The van der Waals surface area contributed by atoms with Gasteiger partial charge in [0.1, 0.15) is 70.0 Å². The Kier molecular flexibility index (Phi) is 18.1. The Morgan fingerprint density at radius 1 is 0.551 bits per heavy atom. The molecule has 14 N–H and O–H groups in total. The predicted octanol–water partition coefficient (Wildman–Crippen LogP) is 7.17. The highest BCUT2D eigenvalue weighted by molar-refractivity contribution is 7.94. The average Bonchev–Trinajstić information content (AvgIpc) is 1.34. The highest BCUT2D eigenvalue weighted by atomic mass is 32.2. The second-order valence-corrected chi connectivity index (χ2v) is 26.5. The molecule has 0 spiro atoms. The molecule has 8 rings (SSSR count). The number of nitrogens with zero attached hydrogens (tertiary/aromatic N) is 10. The smallest absolute Gasteiger partial charge is 0.297 e. The third-order valence-corrected chi connectivity index (χ3v) is 17.9. The van der Waals surface area contributed by atoms with Crippen molar-refractivity contribution in [3.63, 3.8) is 0 Å². The van der Waals surface area contributed by atoms with Crippen molar-refractivity contribution in [2.45, 2.75) is 41.2 Å². The van der Waals surface area contributed by atoms with E-state index in [4.69, 9.17) is 15.7 Å². The number of nitrogen functional groups attached to an aromatic ring is 1. The van der Waals surface area contributed by atoms with Crippen LogP contribution in [-0.2, 0) is 70.1 Å². The summed E-state index contributed by atoms with van der Waals surface area (Å²) >= 11 is -0.0338. The van der Waals surface area contributed by atoms with E-state index in [1.807, 2.05) is 0 Å². The quantitative estimate of drug-likeness (QED) is 0.00898. The number of benzene rings is 7. The van der Waals surface area contributed by atoms with Crippen molar-refractivity contribution in [2.24, 2.45) is 40.9 Å². The minimum atomic E-state index is -5.75. The van der Waals surface area contributed by atoms with Gasteiger partial charge in [-0.2, -0.15) is 65.5 Å². The van der Waals surface area contributed by atoms with Gasteiger partial charge in [0.05, 0.1) is 51.4 Å². The van der Waals surface area contributed by atoms with Crippen LogP contribution < -0.4 is 15.7 Å². The normalized spacial score (nSPS) is 13.5. The molecule has 0 bridgehead atoms. The van der Waals surface area contributed by atoms with Crippen molar-refractivity contribution in [3.8, 4) is 28.8 Å². The Labute approximate surface area is 500 Å². The van der Waals surface area contributed by atoms with E-state index in [0.717, 1.165) is 60.3 Å². The molecule has 1 aromatic heterocycles. The summed E-state index contributed by atoms with van der Waals surface area (Å²) in [6.07, 6.45) is 0. The minimum absolute atomic E-state index is 0.0213. The molecule has 0 aliphatic heterocycles. The van der Waals surface area contributed by atoms with Gasteiger partial charge < -0.3 is 31.0 Å². The number of phenolic OH excluding ortho intramolecular Hbond substituents is 2. The van der Waals surface area contributed by atoms with Gasteiger partial charge in [-0.05, 0) is 73.7 Å². The summed E-state index contributed by atoms with van der Waals surface area (Å²) in [5.41, 5.74) is -1.82. The van der Waals surface area contributed by atoms with E-state index < -0.39 is 202 Å². The van der Waals surface area contributed by atoms with Gasteiger partial charge in [-0.15, -0.1) is 45.2 Å². The number of nitrogens with two attached hydrogens (primary N) is 1. The zero-order chi connectivity index (χ0) is 65.8. The first-order valence-electron chi connectivity index (χ1n) is 22.9. The second kappa shape index (κ2) is 24.3. The third kappa shape index (κ3) is 13.8. The number of aromatic nitrogens is 2. The van der Waals surface area contributed by atoms with Gasteiger partial charge in [-0.25, -0.2) is 10.5 Å². The number of phenols is 2. The number of fused-ring (bicyclic) bond motifs is 2. The number of nitrogens with one attached hydrogen (secondary N) is 1. The van der Waals surface area contributed by atoms with Gasteiger partial charge in [0, 0.05) is 34.4 Å². The molecule has 39 nitrogen and oxygen atoms in total. The lowest BCUT2D eigenvalue weighted by atomic mass is 10.0. The Bertz CT molecular complexity index is 5150. The second-order valence-electron chi connectivity index (χ2n) is 17.4. The molecule has 89 heavy (non-hydrogen) atoms. The van der Waals surface area contributed by atoms with Crippen LogP contribution in [0.4, 0.5) is 56.9 Å². The molecular weight excluding hydrogens is 1340 g/mol. The van der Waals surface area contributed by atoms with E-state index in [9.17, 15) is 104 Å². The largest absolute Gasteiger partial charge is 0.595 e. The molecule has 7 aromatic carbocycles. The van der Waals surface area contributed by atoms with Crippen LogP contribution in [0, 0.1) is 12.1 Å². The Morgan fingerprint density at radius 3 is 1.67 bits per heavy atom. The van der Waals surface area contributed by atoms with Crippen LogP contribution in [-0.4, -0.2) is 120 Å². The number of anilines is 1. The summed E-state index contributed by atoms with van der Waals surface area (Å²) in [6, 6.07) is 10.7. The van der Waals surface area contributed by atoms with Crippen LogP contribution in [0.5, 0.6) is 23.1 Å². The number of hydrogen-bond donors (Lipinski definition) is 13. The van der Waals surface area contributed by atoms with E-state index >= 15 is 0 Å². The molecule has 0 amide bonds. The third-order valence-electron chi connectivity index (χ3n) is 11.9. The highest BCUT2D eigenvalue weighted by Crippen LogP contribution is 2.52. The minimum Gasteiger partial charge on any atom is -0.595 e. The number of hydrogen-bond acceptors (Lipinski definition) is 32. The number of quaternary nitrogens is 1. The lowest BCUT2D eigenvalue weighted by Crippen LogP contribution is -2.99. The van der Waals surface area contributed by atoms with E-state index in [1.54, 1.807) is 0 Å². The fraction of sp³-hybridized carbons (Fsp3) is 0.0465. The average molecular weight is 1380 g/mol. The van der Waals surface area contributed by atoms with E-state index in [0.29, 0.717) is 36.4 Å². The van der Waals surface area contributed by atoms with Gasteiger partial charge in [0.2, 0.25) is 5.88 Å². The molecule has 0 radical (unpaired) electrons. The maximum Gasteiger partial charge on any atom is 0.297 e. The summed E-state index contributed by atoms with van der Waals surface area (Å²) in [6.45, 7) is 1.30. The van der Waals surface area contributed by atoms with E-state index in [-0.39, 0.29) is 23.4 Å². The summed E-state index contributed by atoms with van der Waals surface area (Å²) < 4.78 is 222. The van der Waals surface area contributed by atoms with Crippen LogP contribution in [0.3, 0.4) is 0 Å². The lowest BCUT2D eigenvalue weighted by molar-refractivity contribution is -0.991. The van der Waals surface area contributed by atoms with Crippen molar-refractivity contribution in [3.05, 3.63) is 95.8 Å². The van der Waals surface area contributed by atoms with Crippen LogP contribution in [0.15, 0.2) is 160 Å². The fourth-order valence-electron chi connectivity index (χ4n) is 8.03. The SMILES string of the molecule is COc1cc(S(=O)(=O)O)c(N=Nc2c(C)nn(-c3ccc(S(=O)(=O)O)cc3)c2O)cc1N=Nc1c(S(=O)(=O)O)cc2c(S(=O)(=O)O)c(N=Nc3cc(S(=O)(=O)O)c4cc(SOOO)c(N=Nc5ccc([NH+]([O-])O)cc5S(=O)(=O)O)c(O)c4c3N)ccc2c1O. The number of ether oxygens (including phenoxy) is 1. The molecule has 46 heteroatoms. The summed E-state index contributed by atoms with van der Waals surface area (Å²) in [7, 11) is -31.2. The molecule has 1 atom stereocenters. The number of aryl methyl sites for hydroxylation is 1. The highest BCUT2D eigenvalue weighted by Gasteiger charge is 2.31. The summed E-state index contributed by atoms with van der Waals surface area (Å²) in [5, 5.41) is 96.6. The monoisotopic (exact) mass is 1370 g/mol. The summed E-state index contributed by atoms with van der Waals surface area (Å²) in [4.78, 5) is -7.34. The Hall–Kier alpha value is -8.76. The molecule has 0 saturated heterocycles. The molecule has 0 aliphatic rings. The molecule has 470 valence electrons. The number of rotatable bonds is 20. The van der Waals surface area contributed by atoms with Gasteiger partial charge in [0.25, 0.3) is 60.7 Å². The van der Waals surface area contributed by atoms with Gasteiger partial charge in [0.15, 0.2) is 22.9 Å². The molecule has 1 heterocycles. The van der Waals surface area contributed by atoms with Crippen molar-refractivity contribution in [2.75, 3.05) is 12.8 Å². The molecule has 8 aromatic rings. The molecule has 0 aliphatic carbocycles. The van der Waals surface area contributed by atoms with Crippen LogP contribution in [0.1, 0.15) is 5.69 Å². The fourth-order valence-corrected chi connectivity index (χ4v) is 12.4.